The Labute approximate surface area is 171 Å². The van der Waals surface area contributed by atoms with Crippen molar-refractivity contribution in [1.82, 2.24) is 15.2 Å². The van der Waals surface area contributed by atoms with Gasteiger partial charge in [0.05, 0.1) is 18.0 Å². The molecule has 0 fully saturated rings. The number of hydrogen-bond donors (Lipinski definition) is 0. The minimum absolute atomic E-state index is 0.689. The van der Waals surface area contributed by atoms with Crippen molar-refractivity contribution in [2.75, 3.05) is 6.61 Å². The maximum absolute atomic E-state index is 5.75. The summed E-state index contributed by atoms with van der Waals surface area (Å²) in [6, 6.07) is 8.07. The zero-order valence-corrected chi connectivity index (χ0v) is 17.8. The highest BCUT2D eigenvalue weighted by atomic mass is 16.5. The lowest BCUT2D eigenvalue weighted by Crippen LogP contribution is -1.99. The molecule has 2 rings (SSSR count). The van der Waals surface area contributed by atoms with E-state index in [1.165, 1.54) is 64.2 Å². The quantitative estimate of drug-likeness (QED) is 0.318. The van der Waals surface area contributed by atoms with E-state index < -0.39 is 0 Å². The lowest BCUT2D eigenvalue weighted by Gasteiger charge is -2.06. The van der Waals surface area contributed by atoms with Crippen LogP contribution < -0.4 is 4.74 Å². The van der Waals surface area contributed by atoms with E-state index in [0.717, 1.165) is 36.4 Å². The number of nitrogens with zero attached hydrogens (tertiary/aromatic N) is 3. The zero-order valence-electron chi connectivity index (χ0n) is 17.8. The molecule has 0 aliphatic heterocycles. The van der Waals surface area contributed by atoms with Crippen LogP contribution in [0.1, 0.15) is 90.2 Å². The van der Waals surface area contributed by atoms with Crippen LogP contribution >= 0.6 is 0 Å². The van der Waals surface area contributed by atoms with Gasteiger partial charge >= 0.3 is 0 Å². The van der Waals surface area contributed by atoms with E-state index in [1.54, 1.807) is 0 Å². The standard InChI is InChI=1S/C24H37N3O/c1-3-5-7-9-11-13-19-28-24-18-15-21(20-25-24)23-17-16-22(26-27-23)14-12-10-8-6-4-2/h15-18,20H,3-14,19H2,1-2H3. The Morgan fingerprint density at radius 2 is 1.43 bits per heavy atom. The van der Waals surface area contributed by atoms with E-state index in [4.69, 9.17) is 4.74 Å². The summed E-state index contributed by atoms with van der Waals surface area (Å²) in [5, 5.41) is 8.75. The molecule has 0 saturated carbocycles. The van der Waals surface area contributed by atoms with Gasteiger partial charge in [-0.25, -0.2) is 4.98 Å². The number of hydrogen-bond acceptors (Lipinski definition) is 4. The van der Waals surface area contributed by atoms with Crippen LogP contribution in [0.3, 0.4) is 0 Å². The average molecular weight is 384 g/mol. The van der Waals surface area contributed by atoms with Gasteiger partial charge in [-0.1, -0.05) is 71.6 Å². The maximum atomic E-state index is 5.75. The van der Waals surface area contributed by atoms with Gasteiger partial charge in [-0.2, -0.15) is 10.2 Å². The van der Waals surface area contributed by atoms with Crippen molar-refractivity contribution in [2.24, 2.45) is 0 Å². The van der Waals surface area contributed by atoms with Crippen molar-refractivity contribution in [1.29, 1.82) is 0 Å². The van der Waals surface area contributed by atoms with Gasteiger partial charge in [0.2, 0.25) is 5.88 Å². The smallest absolute Gasteiger partial charge is 0.213 e. The summed E-state index contributed by atoms with van der Waals surface area (Å²) in [6.07, 6.45) is 16.8. The van der Waals surface area contributed by atoms with Gasteiger partial charge in [0.25, 0.3) is 0 Å². The Bertz CT molecular complexity index is 625. The number of aryl methyl sites for hydroxylation is 1. The second kappa shape index (κ2) is 14.1. The van der Waals surface area contributed by atoms with Crippen LogP contribution in [0.15, 0.2) is 30.5 Å². The third-order valence-corrected chi connectivity index (χ3v) is 5.04. The highest BCUT2D eigenvalue weighted by Crippen LogP contribution is 2.18. The van der Waals surface area contributed by atoms with Gasteiger partial charge in [-0.05, 0) is 37.5 Å². The normalized spacial score (nSPS) is 10.9. The molecule has 0 atom stereocenters. The molecule has 4 heteroatoms. The fraction of sp³-hybridized carbons (Fsp3) is 0.625. The molecule has 0 spiro atoms. The summed E-state index contributed by atoms with van der Waals surface area (Å²) >= 11 is 0. The molecule has 2 heterocycles. The summed E-state index contributed by atoms with van der Waals surface area (Å²) in [5.74, 6) is 0.689. The summed E-state index contributed by atoms with van der Waals surface area (Å²) < 4.78 is 5.75. The first kappa shape index (κ1) is 22.3. The molecule has 0 aromatic carbocycles. The van der Waals surface area contributed by atoms with Crippen molar-refractivity contribution in [2.45, 2.75) is 90.9 Å². The molecule has 2 aromatic rings. The molecular weight excluding hydrogens is 346 g/mol. The van der Waals surface area contributed by atoms with Crippen LogP contribution in [0.5, 0.6) is 5.88 Å². The Morgan fingerprint density at radius 3 is 2.07 bits per heavy atom. The van der Waals surface area contributed by atoms with Crippen LogP contribution in [-0.2, 0) is 6.42 Å². The van der Waals surface area contributed by atoms with E-state index in [0.29, 0.717) is 5.88 Å². The number of pyridine rings is 1. The van der Waals surface area contributed by atoms with Gasteiger partial charge in [-0.15, -0.1) is 0 Å². The Hall–Kier alpha value is -1.97. The molecule has 0 aliphatic rings. The van der Waals surface area contributed by atoms with Crippen molar-refractivity contribution < 1.29 is 4.74 Å². The number of rotatable bonds is 15. The van der Waals surface area contributed by atoms with E-state index in [1.807, 2.05) is 24.4 Å². The third-order valence-electron chi connectivity index (χ3n) is 5.04. The SMILES string of the molecule is CCCCCCCCOc1ccc(-c2ccc(CCCCCCC)nn2)cn1. The number of ether oxygens (including phenoxy) is 1. The number of unbranched alkanes of at least 4 members (excludes halogenated alkanes) is 9. The fourth-order valence-corrected chi connectivity index (χ4v) is 3.23. The Balaban J connectivity index is 1.70. The van der Waals surface area contributed by atoms with Gasteiger partial charge in [0, 0.05) is 17.8 Å². The molecule has 4 nitrogen and oxygen atoms in total. The van der Waals surface area contributed by atoms with E-state index >= 15 is 0 Å². The number of aromatic nitrogens is 3. The van der Waals surface area contributed by atoms with Crippen LogP contribution in [0, 0.1) is 0 Å². The Morgan fingerprint density at radius 1 is 0.714 bits per heavy atom. The molecule has 2 aromatic heterocycles. The third kappa shape index (κ3) is 8.81. The first-order valence-electron chi connectivity index (χ1n) is 11.2. The highest BCUT2D eigenvalue weighted by Gasteiger charge is 2.04. The van der Waals surface area contributed by atoms with Crippen LogP contribution in [0.4, 0.5) is 0 Å². The Kier molecular flexibility index (Phi) is 11.2. The summed E-state index contributed by atoms with van der Waals surface area (Å²) in [5.41, 5.74) is 2.92. The molecule has 28 heavy (non-hydrogen) atoms. The monoisotopic (exact) mass is 383 g/mol. The van der Waals surface area contributed by atoms with Gasteiger partial charge in [-0.3, -0.25) is 0 Å². The first-order valence-corrected chi connectivity index (χ1v) is 11.2. The van der Waals surface area contributed by atoms with Crippen LogP contribution in [0.25, 0.3) is 11.3 Å². The lowest BCUT2D eigenvalue weighted by atomic mass is 10.1. The largest absolute Gasteiger partial charge is 0.478 e. The summed E-state index contributed by atoms with van der Waals surface area (Å²) in [7, 11) is 0. The second-order valence-electron chi connectivity index (χ2n) is 7.58. The van der Waals surface area contributed by atoms with Crippen molar-refractivity contribution in [3.05, 3.63) is 36.2 Å². The van der Waals surface area contributed by atoms with E-state index in [9.17, 15) is 0 Å². The lowest BCUT2D eigenvalue weighted by molar-refractivity contribution is 0.293. The van der Waals surface area contributed by atoms with E-state index in [2.05, 4.69) is 35.1 Å². The molecule has 154 valence electrons. The highest BCUT2D eigenvalue weighted by molar-refractivity contribution is 5.57. The topological polar surface area (TPSA) is 47.9 Å². The molecule has 0 radical (unpaired) electrons. The molecule has 0 amide bonds. The first-order chi connectivity index (χ1) is 13.8. The predicted octanol–water partition coefficient (Wildman–Crippen LogP) is 6.79. The second-order valence-corrected chi connectivity index (χ2v) is 7.58. The molecule has 0 saturated heterocycles. The fourth-order valence-electron chi connectivity index (χ4n) is 3.23. The van der Waals surface area contributed by atoms with Gasteiger partial charge in [0.1, 0.15) is 0 Å². The minimum Gasteiger partial charge on any atom is -0.478 e. The molecule has 0 aliphatic carbocycles. The van der Waals surface area contributed by atoms with Crippen LogP contribution in [0.2, 0.25) is 0 Å². The predicted molar refractivity (Wildman–Crippen MR) is 117 cm³/mol. The van der Waals surface area contributed by atoms with Crippen molar-refractivity contribution in [3.63, 3.8) is 0 Å². The molecule has 0 bridgehead atoms. The molecule has 0 N–H and O–H groups in total. The van der Waals surface area contributed by atoms with Crippen molar-refractivity contribution >= 4 is 0 Å². The van der Waals surface area contributed by atoms with Gasteiger partial charge in [0.15, 0.2) is 0 Å². The minimum atomic E-state index is 0.689. The summed E-state index contributed by atoms with van der Waals surface area (Å²) in [6.45, 7) is 5.23. The average Bonchev–Trinajstić information content (AvgIpc) is 2.74. The van der Waals surface area contributed by atoms with Gasteiger partial charge < -0.3 is 4.74 Å². The van der Waals surface area contributed by atoms with Crippen LogP contribution in [-0.4, -0.2) is 21.8 Å². The zero-order chi connectivity index (χ0) is 19.9. The molecule has 0 unspecified atom stereocenters. The molecular formula is C24H37N3O. The maximum Gasteiger partial charge on any atom is 0.213 e. The van der Waals surface area contributed by atoms with E-state index in [-0.39, 0.29) is 0 Å². The summed E-state index contributed by atoms with van der Waals surface area (Å²) in [4.78, 5) is 4.41. The van der Waals surface area contributed by atoms with Crippen molar-refractivity contribution in [3.8, 4) is 17.1 Å².